The standard InChI is InChI=1S/C16H17ClO3S/c1-2-16(20-14-10-8-13(12-17)9-11-14)21(18,19)15-6-4-3-5-7-15/h3-11,16H,2,12H2,1H3. The third kappa shape index (κ3) is 3.77. The molecule has 0 bridgehead atoms. The van der Waals surface area contributed by atoms with Gasteiger partial charge in [-0.05, 0) is 36.2 Å². The zero-order valence-electron chi connectivity index (χ0n) is 11.7. The van der Waals surface area contributed by atoms with Crippen molar-refractivity contribution in [2.24, 2.45) is 0 Å². The topological polar surface area (TPSA) is 43.4 Å². The lowest BCUT2D eigenvalue weighted by Crippen LogP contribution is -2.27. The highest BCUT2D eigenvalue weighted by Crippen LogP contribution is 2.23. The number of hydrogen-bond donors (Lipinski definition) is 0. The molecule has 0 aromatic heterocycles. The first-order valence-corrected chi connectivity index (χ1v) is 8.76. The fraction of sp³-hybridized carbons (Fsp3) is 0.250. The third-order valence-electron chi connectivity index (χ3n) is 3.10. The fourth-order valence-corrected chi connectivity index (χ4v) is 3.63. The van der Waals surface area contributed by atoms with E-state index in [0.29, 0.717) is 18.1 Å². The molecule has 0 aliphatic carbocycles. The Kier molecular flexibility index (Phi) is 5.26. The summed E-state index contributed by atoms with van der Waals surface area (Å²) in [4.78, 5) is 0.272. The molecule has 0 radical (unpaired) electrons. The maximum Gasteiger partial charge on any atom is 0.216 e. The predicted octanol–water partition coefficient (Wildman–Crippen LogP) is 4.01. The first-order chi connectivity index (χ1) is 10.1. The van der Waals surface area contributed by atoms with Gasteiger partial charge in [0.2, 0.25) is 15.3 Å². The molecule has 5 heteroatoms. The second-order valence-electron chi connectivity index (χ2n) is 4.59. The highest BCUT2D eigenvalue weighted by atomic mass is 35.5. The van der Waals surface area contributed by atoms with Gasteiger partial charge in [-0.1, -0.05) is 37.3 Å². The van der Waals surface area contributed by atoms with Gasteiger partial charge in [-0.25, -0.2) is 8.42 Å². The monoisotopic (exact) mass is 324 g/mol. The lowest BCUT2D eigenvalue weighted by Gasteiger charge is -2.18. The van der Waals surface area contributed by atoms with E-state index in [-0.39, 0.29) is 4.90 Å². The van der Waals surface area contributed by atoms with Gasteiger partial charge in [0.25, 0.3) is 0 Å². The Morgan fingerprint density at radius 3 is 2.19 bits per heavy atom. The Balaban J connectivity index is 2.23. The molecule has 0 heterocycles. The summed E-state index contributed by atoms with van der Waals surface area (Å²) in [7, 11) is -3.51. The van der Waals surface area contributed by atoms with E-state index in [1.807, 2.05) is 12.1 Å². The molecule has 112 valence electrons. The van der Waals surface area contributed by atoms with E-state index >= 15 is 0 Å². The minimum absolute atomic E-state index is 0.272. The van der Waals surface area contributed by atoms with Crippen LogP contribution in [0.1, 0.15) is 18.9 Å². The minimum Gasteiger partial charge on any atom is -0.474 e. The Labute approximate surface area is 130 Å². The highest BCUT2D eigenvalue weighted by Gasteiger charge is 2.27. The van der Waals surface area contributed by atoms with E-state index in [2.05, 4.69) is 0 Å². The van der Waals surface area contributed by atoms with Gasteiger partial charge < -0.3 is 4.74 Å². The predicted molar refractivity (Wildman–Crippen MR) is 84.3 cm³/mol. The molecule has 0 aliphatic rings. The number of benzene rings is 2. The van der Waals surface area contributed by atoms with Crippen molar-refractivity contribution in [1.82, 2.24) is 0 Å². The fourth-order valence-electron chi connectivity index (χ4n) is 1.94. The second-order valence-corrected chi connectivity index (χ2v) is 6.95. The van der Waals surface area contributed by atoms with E-state index in [1.165, 1.54) is 0 Å². The second kappa shape index (κ2) is 6.96. The lowest BCUT2D eigenvalue weighted by molar-refractivity contribution is 0.269. The Bertz CT molecular complexity index is 666. The summed E-state index contributed by atoms with van der Waals surface area (Å²) in [5.74, 6) is 0.940. The number of alkyl halides is 1. The molecule has 3 nitrogen and oxygen atoms in total. The molecule has 2 aromatic rings. The van der Waals surface area contributed by atoms with Crippen molar-refractivity contribution in [3.05, 3.63) is 60.2 Å². The van der Waals surface area contributed by atoms with E-state index in [0.717, 1.165) is 5.56 Å². The van der Waals surface area contributed by atoms with Crippen LogP contribution < -0.4 is 4.74 Å². The summed E-state index contributed by atoms with van der Waals surface area (Å²) in [5.41, 5.74) is 0.0599. The molecule has 2 aromatic carbocycles. The van der Waals surface area contributed by atoms with Crippen molar-refractivity contribution in [1.29, 1.82) is 0 Å². The molecular formula is C16H17ClO3S. The summed E-state index contributed by atoms with van der Waals surface area (Å²) < 4.78 is 30.7. The van der Waals surface area contributed by atoms with E-state index in [1.54, 1.807) is 49.4 Å². The number of rotatable bonds is 6. The molecule has 0 aliphatic heterocycles. The van der Waals surface area contributed by atoms with Crippen molar-refractivity contribution < 1.29 is 13.2 Å². The van der Waals surface area contributed by atoms with Crippen LogP contribution in [0.5, 0.6) is 5.75 Å². The van der Waals surface area contributed by atoms with Crippen LogP contribution in [0.2, 0.25) is 0 Å². The Morgan fingerprint density at radius 2 is 1.67 bits per heavy atom. The summed E-state index contributed by atoms with van der Waals surface area (Å²) in [6.45, 7) is 1.79. The zero-order valence-corrected chi connectivity index (χ0v) is 13.3. The Hall–Kier alpha value is -1.52. The van der Waals surface area contributed by atoms with Crippen LogP contribution in [0.25, 0.3) is 0 Å². The average Bonchev–Trinajstić information content (AvgIpc) is 2.53. The maximum absolute atomic E-state index is 12.5. The van der Waals surface area contributed by atoms with Crippen LogP contribution in [0.15, 0.2) is 59.5 Å². The van der Waals surface area contributed by atoms with Crippen molar-refractivity contribution in [2.75, 3.05) is 0 Å². The maximum atomic E-state index is 12.5. The smallest absolute Gasteiger partial charge is 0.216 e. The van der Waals surface area contributed by atoms with Crippen molar-refractivity contribution in [3.8, 4) is 5.75 Å². The largest absolute Gasteiger partial charge is 0.474 e. The van der Waals surface area contributed by atoms with Gasteiger partial charge in [-0.15, -0.1) is 11.6 Å². The van der Waals surface area contributed by atoms with Crippen LogP contribution in [-0.2, 0) is 15.7 Å². The minimum atomic E-state index is -3.51. The van der Waals surface area contributed by atoms with Crippen LogP contribution in [-0.4, -0.2) is 13.9 Å². The zero-order chi connectivity index (χ0) is 15.3. The SMILES string of the molecule is CCC(Oc1ccc(CCl)cc1)S(=O)(=O)c1ccccc1. The molecule has 21 heavy (non-hydrogen) atoms. The molecule has 1 atom stereocenters. The number of sulfone groups is 1. The van der Waals surface area contributed by atoms with Gasteiger partial charge >= 0.3 is 0 Å². The van der Waals surface area contributed by atoms with E-state index in [9.17, 15) is 8.42 Å². The quantitative estimate of drug-likeness (QED) is 0.754. The van der Waals surface area contributed by atoms with Crippen LogP contribution in [0, 0.1) is 0 Å². The average molecular weight is 325 g/mol. The van der Waals surface area contributed by atoms with E-state index in [4.69, 9.17) is 16.3 Å². The summed E-state index contributed by atoms with van der Waals surface area (Å²) >= 11 is 5.73. The first kappa shape index (κ1) is 15.9. The molecule has 0 saturated heterocycles. The summed E-state index contributed by atoms with van der Waals surface area (Å²) in [6, 6.07) is 15.5. The van der Waals surface area contributed by atoms with Gasteiger partial charge in [-0.2, -0.15) is 0 Å². The molecule has 2 rings (SSSR count). The molecule has 1 unspecified atom stereocenters. The molecule has 0 fully saturated rings. The van der Waals surface area contributed by atoms with Crippen LogP contribution >= 0.6 is 11.6 Å². The van der Waals surface area contributed by atoms with Gasteiger partial charge in [0, 0.05) is 5.88 Å². The highest BCUT2D eigenvalue weighted by molar-refractivity contribution is 7.92. The molecule has 0 saturated carbocycles. The van der Waals surface area contributed by atoms with Crippen LogP contribution in [0.3, 0.4) is 0 Å². The van der Waals surface area contributed by atoms with Gasteiger partial charge in [0.15, 0.2) is 0 Å². The first-order valence-electron chi connectivity index (χ1n) is 6.68. The van der Waals surface area contributed by atoms with Crippen molar-refractivity contribution >= 4 is 21.4 Å². The molecular weight excluding hydrogens is 308 g/mol. The van der Waals surface area contributed by atoms with Gasteiger partial charge in [0.1, 0.15) is 5.75 Å². The summed E-state index contributed by atoms with van der Waals surface area (Å²) in [6.07, 6.45) is 0.370. The third-order valence-corrected chi connectivity index (χ3v) is 5.46. The van der Waals surface area contributed by atoms with Gasteiger partial charge in [-0.3, -0.25) is 0 Å². The van der Waals surface area contributed by atoms with Crippen molar-refractivity contribution in [3.63, 3.8) is 0 Å². The normalized spacial score (nSPS) is 12.9. The number of halogens is 1. The molecule has 0 amide bonds. The summed E-state index contributed by atoms with van der Waals surface area (Å²) in [5, 5.41) is 0. The molecule has 0 N–H and O–H groups in total. The number of hydrogen-bond acceptors (Lipinski definition) is 3. The number of ether oxygens (including phenoxy) is 1. The van der Waals surface area contributed by atoms with Gasteiger partial charge in [0.05, 0.1) is 4.90 Å². The Morgan fingerprint density at radius 1 is 1.05 bits per heavy atom. The van der Waals surface area contributed by atoms with E-state index < -0.39 is 15.3 Å². The molecule has 0 spiro atoms. The lowest BCUT2D eigenvalue weighted by atomic mass is 10.2. The van der Waals surface area contributed by atoms with Crippen LogP contribution in [0.4, 0.5) is 0 Å². The van der Waals surface area contributed by atoms with Crippen molar-refractivity contribution in [2.45, 2.75) is 29.6 Å².